The lowest BCUT2D eigenvalue weighted by atomic mass is 10.1. The summed E-state index contributed by atoms with van der Waals surface area (Å²) < 4.78 is 32.5. The number of esters is 1. The van der Waals surface area contributed by atoms with Crippen molar-refractivity contribution < 1.29 is 27.9 Å². The van der Waals surface area contributed by atoms with E-state index in [1.807, 2.05) is 31.2 Å². The Labute approximate surface area is 172 Å². The molecule has 1 N–H and O–H groups in total. The molecule has 158 valence electrons. The van der Waals surface area contributed by atoms with Gasteiger partial charge in [-0.05, 0) is 37.1 Å². The van der Waals surface area contributed by atoms with Gasteiger partial charge in [0.15, 0.2) is 6.10 Å². The number of carbonyl (C=O) groups excluding carboxylic acids is 3. The monoisotopic (exact) mass is 416 g/mol. The van der Waals surface area contributed by atoms with E-state index in [0.717, 1.165) is 29.8 Å². The van der Waals surface area contributed by atoms with Crippen LogP contribution < -0.4 is 10.2 Å². The second-order valence-corrected chi connectivity index (χ2v) is 7.05. The van der Waals surface area contributed by atoms with E-state index in [4.69, 9.17) is 4.74 Å². The summed E-state index contributed by atoms with van der Waals surface area (Å²) in [6.07, 6.45) is -0.588. The maximum absolute atomic E-state index is 13.7. The molecule has 1 fully saturated rings. The molecular weight excluding hydrogens is 394 g/mol. The van der Waals surface area contributed by atoms with Crippen LogP contribution in [0.25, 0.3) is 0 Å². The number of ether oxygens (including phenoxy) is 1. The van der Waals surface area contributed by atoms with E-state index in [2.05, 4.69) is 5.32 Å². The maximum Gasteiger partial charge on any atom is 0.312 e. The van der Waals surface area contributed by atoms with Crippen molar-refractivity contribution in [3.8, 4) is 0 Å². The van der Waals surface area contributed by atoms with Crippen LogP contribution in [0.4, 0.5) is 20.2 Å². The Morgan fingerprint density at radius 2 is 1.83 bits per heavy atom. The second kappa shape index (κ2) is 9.02. The Bertz CT molecular complexity index is 959. The van der Waals surface area contributed by atoms with Gasteiger partial charge in [-0.15, -0.1) is 0 Å². The molecule has 0 spiro atoms. The summed E-state index contributed by atoms with van der Waals surface area (Å²) >= 11 is 0. The third-order valence-electron chi connectivity index (χ3n) is 4.99. The molecule has 1 heterocycles. The number of aryl methyl sites for hydroxylation is 1. The summed E-state index contributed by atoms with van der Waals surface area (Å²) in [4.78, 5) is 38.7. The lowest BCUT2D eigenvalue weighted by Crippen LogP contribution is -2.33. The van der Waals surface area contributed by atoms with Crippen LogP contribution in [0.5, 0.6) is 0 Å². The zero-order valence-corrected chi connectivity index (χ0v) is 16.7. The minimum Gasteiger partial charge on any atom is -0.452 e. The first-order valence-electron chi connectivity index (χ1n) is 9.65. The number of halogens is 2. The molecule has 0 bridgehead atoms. The van der Waals surface area contributed by atoms with Gasteiger partial charge in [-0.1, -0.05) is 31.2 Å². The summed E-state index contributed by atoms with van der Waals surface area (Å²) in [6, 6.07) is 10.6. The molecule has 0 radical (unpaired) electrons. The van der Waals surface area contributed by atoms with Crippen molar-refractivity contribution in [1.29, 1.82) is 0 Å². The fraction of sp³-hybridized carbons (Fsp3) is 0.318. The summed E-state index contributed by atoms with van der Waals surface area (Å²) in [5.41, 5.74) is 1.13. The molecule has 0 unspecified atom stereocenters. The fourth-order valence-corrected chi connectivity index (χ4v) is 3.34. The van der Waals surface area contributed by atoms with Gasteiger partial charge >= 0.3 is 5.97 Å². The highest BCUT2D eigenvalue weighted by Crippen LogP contribution is 2.29. The van der Waals surface area contributed by atoms with E-state index in [-0.39, 0.29) is 18.9 Å². The van der Waals surface area contributed by atoms with Crippen LogP contribution in [0, 0.1) is 17.6 Å². The average Bonchev–Trinajstić information content (AvgIpc) is 3.12. The quantitative estimate of drug-likeness (QED) is 0.732. The Kier molecular flexibility index (Phi) is 6.44. The zero-order chi connectivity index (χ0) is 21.8. The van der Waals surface area contributed by atoms with E-state index in [0.29, 0.717) is 0 Å². The molecule has 3 rings (SSSR count). The van der Waals surface area contributed by atoms with Crippen molar-refractivity contribution in [3.63, 3.8) is 0 Å². The van der Waals surface area contributed by atoms with Crippen LogP contribution in [0.2, 0.25) is 0 Å². The molecule has 0 saturated carbocycles. The number of nitrogens with zero attached hydrogens (tertiary/aromatic N) is 1. The molecule has 6 nitrogen and oxygen atoms in total. The zero-order valence-electron chi connectivity index (χ0n) is 16.7. The summed E-state index contributed by atoms with van der Waals surface area (Å²) in [6.45, 7) is 3.42. The van der Waals surface area contributed by atoms with Gasteiger partial charge in [-0.3, -0.25) is 14.4 Å². The lowest BCUT2D eigenvalue weighted by Gasteiger charge is -2.20. The van der Waals surface area contributed by atoms with Crippen LogP contribution in [0.15, 0.2) is 42.5 Å². The second-order valence-electron chi connectivity index (χ2n) is 7.05. The van der Waals surface area contributed by atoms with Gasteiger partial charge in [-0.2, -0.15) is 0 Å². The van der Waals surface area contributed by atoms with Gasteiger partial charge in [0, 0.05) is 18.7 Å². The predicted molar refractivity (Wildman–Crippen MR) is 107 cm³/mol. The number of benzene rings is 2. The minimum absolute atomic E-state index is 0.0346. The molecule has 8 heteroatoms. The van der Waals surface area contributed by atoms with Crippen molar-refractivity contribution in [2.75, 3.05) is 16.8 Å². The van der Waals surface area contributed by atoms with E-state index >= 15 is 0 Å². The first-order valence-corrected chi connectivity index (χ1v) is 9.65. The number of hydrogen-bond acceptors (Lipinski definition) is 4. The highest BCUT2D eigenvalue weighted by Gasteiger charge is 2.38. The van der Waals surface area contributed by atoms with Crippen molar-refractivity contribution in [3.05, 3.63) is 59.7 Å². The van der Waals surface area contributed by atoms with E-state index in [9.17, 15) is 23.2 Å². The Hall–Kier alpha value is -3.29. The molecule has 1 aliphatic heterocycles. The van der Waals surface area contributed by atoms with Crippen LogP contribution in [-0.2, 0) is 25.5 Å². The molecule has 2 atom stereocenters. The first kappa shape index (κ1) is 21.4. The van der Waals surface area contributed by atoms with Crippen LogP contribution in [0.3, 0.4) is 0 Å². The van der Waals surface area contributed by atoms with Crippen LogP contribution >= 0.6 is 0 Å². The van der Waals surface area contributed by atoms with Gasteiger partial charge in [0.1, 0.15) is 17.3 Å². The van der Waals surface area contributed by atoms with Gasteiger partial charge in [0.25, 0.3) is 5.91 Å². The third-order valence-corrected chi connectivity index (χ3v) is 4.99. The highest BCUT2D eigenvalue weighted by molar-refractivity contribution is 6.01. The Morgan fingerprint density at radius 3 is 2.50 bits per heavy atom. The molecule has 2 aromatic carbocycles. The van der Waals surface area contributed by atoms with E-state index in [1.165, 1.54) is 13.0 Å². The topological polar surface area (TPSA) is 75.7 Å². The molecule has 2 amide bonds. The number of para-hydroxylation sites is 2. The number of amides is 2. The molecule has 1 saturated heterocycles. The molecular formula is C22H22F2N2O4. The predicted octanol–water partition coefficient (Wildman–Crippen LogP) is 3.45. The van der Waals surface area contributed by atoms with Gasteiger partial charge in [-0.25, -0.2) is 8.78 Å². The summed E-state index contributed by atoms with van der Waals surface area (Å²) in [5.74, 6) is -4.39. The number of rotatable bonds is 6. The smallest absolute Gasteiger partial charge is 0.312 e. The number of anilines is 2. The molecule has 30 heavy (non-hydrogen) atoms. The van der Waals surface area contributed by atoms with Crippen LogP contribution in [-0.4, -0.2) is 30.4 Å². The highest BCUT2D eigenvalue weighted by atomic mass is 19.1. The summed E-state index contributed by atoms with van der Waals surface area (Å²) in [7, 11) is 0. The molecule has 0 aromatic heterocycles. The van der Waals surface area contributed by atoms with Gasteiger partial charge in [0.05, 0.1) is 5.92 Å². The van der Waals surface area contributed by atoms with Gasteiger partial charge < -0.3 is 15.0 Å². The van der Waals surface area contributed by atoms with Crippen molar-refractivity contribution in [2.24, 2.45) is 5.92 Å². The molecule has 1 aliphatic rings. The van der Waals surface area contributed by atoms with Gasteiger partial charge in [0.2, 0.25) is 5.91 Å². The number of carbonyl (C=O) groups is 3. The minimum atomic E-state index is -1.29. The lowest BCUT2D eigenvalue weighted by molar-refractivity contribution is -0.157. The largest absolute Gasteiger partial charge is 0.452 e. The van der Waals surface area contributed by atoms with E-state index in [1.54, 1.807) is 4.90 Å². The number of nitrogens with one attached hydrogen (secondary N) is 1. The van der Waals surface area contributed by atoms with Crippen molar-refractivity contribution >= 4 is 29.2 Å². The maximum atomic E-state index is 13.7. The first-order chi connectivity index (χ1) is 14.3. The fourth-order valence-electron chi connectivity index (χ4n) is 3.34. The van der Waals surface area contributed by atoms with E-state index < -0.39 is 41.2 Å². The SMILES string of the molecule is CCc1ccccc1N1C[C@@H](C(=O)O[C@@H](C)C(=O)Nc2c(F)cccc2F)CC1=O. The Balaban J connectivity index is 1.63. The summed E-state index contributed by atoms with van der Waals surface area (Å²) in [5, 5.41) is 2.09. The van der Waals surface area contributed by atoms with Crippen molar-refractivity contribution in [2.45, 2.75) is 32.8 Å². The van der Waals surface area contributed by atoms with Crippen molar-refractivity contribution in [1.82, 2.24) is 0 Å². The standard InChI is InChI=1S/C22H22F2N2O4/c1-3-14-7-4-5-10-18(14)26-12-15(11-19(26)27)22(29)30-13(2)21(28)25-20-16(23)8-6-9-17(20)24/h4-10,13,15H,3,11-12H2,1-2H3,(H,25,28)/t13-,15-/m0/s1. The number of hydrogen-bond donors (Lipinski definition) is 1. The molecule has 0 aliphatic carbocycles. The average molecular weight is 416 g/mol. The van der Waals surface area contributed by atoms with Crippen LogP contribution in [0.1, 0.15) is 25.8 Å². The third kappa shape index (κ3) is 4.48. The normalized spacial score (nSPS) is 17.0. The molecule has 2 aromatic rings. The Morgan fingerprint density at radius 1 is 1.17 bits per heavy atom.